The largest absolute Gasteiger partial charge is 0.345 e. The smallest absolute Gasteiger partial charge is 0.173 e. The minimum atomic E-state index is 0.325. The lowest BCUT2D eigenvalue weighted by Gasteiger charge is -2.30. The van der Waals surface area contributed by atoms with E-state index in [1.807, 2.05) is 24.5 Å². The summed E-state index contributed by atoms with van der Waals surface area (Å²) in [4.78, 5) is 9.79. The molecule has 0 saturated heterocycles. The number of fused-ring (bicyclic) bond motifs is 3. The maximum absolute atomic E-state index is 4.54. The number of amidine groups is 1. The summed E-state index contributed by atoms with van der Waals surface area (Å²) in [6.07, 6.45) is 7.64. The van der Waals surface area contributed by atoms with Gasteiger partial charge in [-0.2, -0.15) is 5.10 Å². The fourth-order valence-corrected chi connectivity index (χ4v) is 2.44. The molecule has 0 spiro atoms. The van der Waals surface area contributed by atoms with E-state index in [4.69, 9.17) is 0 Å². The molecule has 0 radical (unpaired) electrons. The van der Waals surface area contributed by atoms with Gasteiger partial charge in [-0.05, 0) is 18.9 Å². The van der Waals surface area contributed by atoms with E-state index in [1.54, 1.807) is 0 Å². The summed E-state index contributed by atoms with van der Waals surface area (Å²) >= 11 is 0. The molecule has 1 atom stereocenters. The Hall–Kier alpha value is -1.78. The van der Waals surface area contributed by atoms with Gasteiger partial charge in [0.15, 0.2) is 11.7 Å². The molecule has 2 aliphatic rings. The number of aliphatic imine (C=N–C) groups is 1. The third kappa shape index (κ3) is 1.53. The van der Waals surface area contributed by atoms with E-state index in [0.717, 1.165) is 23.8 Å². The molecule has 5 nitrogen and oxygen atoms in total. The Bertz CT molecular complexity index is 473. The quantitative estimate of drug-likeness (QED) is 0.867. The Morgan fingerprint density at radius 3 is 3.18 bits per heavy atom. The summed E-state index contributed by atoms with van der Waals surface area (Å²) < 4.78 is 0. The molecule has 5 heteroatoms. The zero-order valence-corrected chi connectivity index (χ0v) is 10.2. The van der Waals surface area contributed by atoms with E-state index in [9.17, 15) is 0 Å². The minimum Gasteiger partial charge on any atom is -0.345 e. The monoisotopic (exact) mass is 231 g/mol. The highest BCUT2D eigenvalue weighted by molar-refractivity contribution is 6.38. The summed E-state index contributed by atoms with van der Waals surface area (Å²) in [7, 11) is 2.03. The molecule has 0 saturated carbocycles. The summed E-state index contributed by atoms with van der Waals surface area (Å²) in [5.41, 5.74) is 1.14. The second-order valence-corrected chi connectivity index (χ2v) is 4.49. The maximum Gasteiger partial charge on any atom is 0.173 e. The molecule has 17 heavy (non-hydrogen) atoms. The van der Waals surface area contributed by atoms with Crippen molar-refractivity contribution in [2.75, 3.05) is 11.9 Å². The standard InChI is InChI=1S/C12H17N5/c1-3-4-5-11-16(2)15-10-8-14-12-9(17(10)11)6-7-13-12/h6-8,11,13H,3-5H2,1-2H3. The van der Waals surface area contributed by atoms with Gasteiger partial charge < -0.3 is 4.98 Å². The van der Waals surface area contributed by atoms with Crippen LogP contribution in [0.5, 0.6) is 0 Å². The number of rotatable bonds is 3. The second kappa shape index (κ2) is 3.91. The highest BCUT2D eigenvalue weighted by Crippen LogP contribution is 2.35. The number of nitrogens with one attached hydrogen (secondary N) is 1. The van der Waals surface area contributed by atoms with Crippen molar-refractivity contribution in [3.8, 4) is 0 Å². The third-order valence-electron chi connectivity index (χ3n) is 3.32. The highest BCUT2D eigenvalue weighted by Gasteiger charge is 2.35. The number of anilines is 1. The van der Waals surface area contributed by atoms with Crippen LogP contribution < -0.4 is 4.90 Å². The van der Waals surface area contributed by atoms with Crippen LogP contribution in [0.2, 0.25) is 0 Å². The predicted octanol–water partition coefficient (Wildman–Crippen LogP) is 2.31. The average molecular weight is 231 g/mol. The molecule has 0 bridgehead atoms. The molecule has 1 aromatic heterocycles. The van der Waals surface area contributed by atoms with Gasteiger partial charge in [0.2, 0.25) is 0 Å². The number of aromatic nitrogens is 1. The first-order valence-electron chi connectivity index (χ1n) is 6.13. The van der Waals surface area contributed by atoms with E-state index in [1.165, 1.54) is 12.8 Å². The van der Waals surface area contributed by atoms with E-state index in [2.05, 4.69) is 33.0 Å². The summed E-state index contributed by atoms with van der Waals surface area (Å²) in [6.45, 7) is 2.22. The lowest BCUT2D eigenvalue weighted by Crippen LogP contribution is -2.42. The molecule has 1 aromatic rings. The molecule has 0 amide bonds. The molecule has 1 unspecified atom stereocenters. The van der Waals surface area contributed by atoms with Gasteiger partial charge in [0, 0.05) is 13.2 Å². The molecule has 1 N–H and O–H groups in total. The predicted molar refractivity (Wildman–Crippen MR) is 69.9 cm³/mol. The van der Waals surface area contributed by atoms with Crippen molar-refractivity contribution in [2.24, 2.45) is 10.1 Å². The Balaban J connectivity index is 1.93. The molecular weight excluding hydrogens is 214 g/mol. The maximum atomic E-state index is 4.54. The lowest BCUT2D eigenvalue weighted by atomic mass is 10.2. The molecule has 0 aliphatic carbocycles. The van der Waals surface area contributed by atoms with E-state index in [-0.39, 0.29) is 0 Å². The van der Waals surface area contributed by atoms with Crippen LogP contribution in [-0.2, 0) is 0 Å². The fraction of sp³-hybridized carbons (Fsp3) is 0.500. The topological polar surface area (TPSA) is 47.0 Å². The first-order chi connectivity index (χ1) is 8.31. The number of hydrazone groups is 1. The summed E-state index contributed by atoms with van der Waals surface area (Å²) in [5.74, 6) is 1.88. The van der Waals surface area contributed by atoms with Gasteiger partial charge >= 0.3 is 0 Å². The van der Waals surface area contributed by atoms with Crippen LogP contribution in [0.25, 0.3) is 0 Å². The second-order valence-electron chi connectivity index (χ2n) is 4.49. The zero-order chi connectivity index (χ0) is 11.8. The molecule has 3 heterocycles. The summed E-state index contributed by atoms with van der Waals surface area (Å²) in [6, 6.07) is 2.07. The van der Waals surface area contributed by atoms with Crippen LogP contribution in [0.15, 0.2) is 22.4 Å². The van der Waals surface area contributed by atoms with Crippen molar-refractivity contribution in [3.63, 3.8) is 0 Å². The van der Waals surface area contributed by atoms with Crippen molar-refractivity contribution in [1.82, 2.24) is 9.99 Å². The van der Waals surface area contributed by atoms with Crippen molar-refractivity contribution in [2.45, 2.75) is 32.4 Å². The SMILES string of the molecule is CCCCC1N(C)N=C2C=Nc3[nH]ccc3N21. The van der Waals surface area contributed by atoms with Gasteiger partial charge in [0.1, 0.15) is 6.17 Å². The van der Waals surface area contributed by atoms with Gasteiger partial charge in [-0.15, -0.1) is 0 Å². The van der Waals surface area contributed by atoms with E-state index in [0.29, 0.717) is 6.17 Å². The third-order valence-corrected chi connectivity index (χ3v) is 3.32. The molecular formula is C12H17N5. The van der Waals surface area contributed by atoms with Gasteiger partial charge in [0.25, 0.3) is 0 Å². The number of aromatic amines is 1. The molecule has 3 rings (SSSR count). The number of hydrogen-bond acceptors (Lipinski definition) is 4. The Labute approximate surface area is 101 Å². The Kier molecular flexibility index (Phi) is 2.39. The molecule has 90 valence electrons. The number of nitrogens with zero attached hydrogens (tertiary/aromatic N) is 4. The fourth-order valence-electron chi connectivity index (χ4n) is 2.44. The van der Waals surface area contributed by atoms with Crippen molar-refractivity contribution in [1.29, 1.82) is 0 Å². The summed E-state index contributed by atoms with van der Waals surface area (Å²) in [5, 5.41) is 6.58. The normalized spacial score (nSPS) is 21.5. The molecule has 0 fully saturated rings. The van der Waals surface area contributed by atoms with Crippen LogP contribution in [0.4, 0.5) is 11.5 Å². The van der Waals surface area contributed by atoms with Gasteiger partial charge in [-0.25, -0.2) is 4.99 Å². The van der Waals surface area contributed by atoms with Crippen LogP contribution >= 0.6 is 0 Å². The van der Waals surface area contributed by atoms with Crippen LogP contribution in [0, 0.1) is 0 Å². The Morgan fingerprint density at radius 1 is 1.47 bits per heavy atom. The lowest BCUT2D eigenvalue weighted by molar-refractivity contribution is 0.267. The molecule has 2 aliphatic heterocycles. The van der Waals surface area contributed by atoms with Crippen molar-refractivity contribution >= 4 is 23.6 Å². The van der Waals surface area contributed by atoms with E-state index >= 15 is 0 Å². The van der Waals surface area contributed by atoms with E-state index < -0.39 is 0 Å². The van der Waals surface area contributed by atoms with Crippen LogP contribution in [-0.4, -0.2) is 35.3 Å². The van der Waals surface area contributed by atoms with Crippen LogP contribution in [0.3, 0.4) is 0 Å². The average Bonchev–Trinajstić information content (AvgIpc) is 2.89. The van der Waals surface area contributed by atoms with Gasteiger partial charge in [-0.3, -0.25) is 9.91 Å². The Morgan fingerprint density at radius 2 is 2.35 bits per heavy atom. The minimum absolute atomic E-state index is 0.325. The van der Waals surface area contributed by atoms with Gasteiger partial charge in [-0.1, -0.05) is 13.3 Å². The number of hydrogen-bond donors (Lipinski definition) is 1. The first-order valence-corrected chi connectivity index (χ1v) is 6.13. The molecule has 0 aromatic carbocycles. The van der Waals surface area contributed by atoms with Gasteiger partial charge in [0.05, 0.1) is 11.9 Å². The zero-order valence-electron chi connectivity index (χ0n) is 10.2. The first kappa shape index (κ1) is 10.4. The van der Waals surface area contributed by atoms with Crippen molar-refractivity contribution < 1.29 is 0 Å². The van der Waals surface area contributed by atoms with Crippen molar-refractivity contribution in [3.05, 3.63) is 12.3 Å². The number of H-pyrrole nitrogens is 1. The van der Waals surface area contributed by atoms with Crippen LogP contribution in [0.1, 0.15) is 26.2 Å². The number of unbranched alkanes of at least 4 members (excludes halogenated alkanes) is 1. The highest BCUT2D eigenvalue weighted by atomic mass is 15.6.